The van der Waals surface area contributed by atoms with Crippen molar-refractivity contribution < 1.29 is 13.2 Å². The fourth-order valence-electron chi connectivity index (χ4n) is 3.03. The van der Waals surface area contributed by atoms with Gasteiger partial charge in [-0.15, -0.1) is 0 Å². The number of benzene rings is 4. The summed E-state index contributed by atoms with van der Waals surface area (Å²) in [7, 11) is 0. The van der Waals surface area contributed by atoms with Gasteiger partial charge in [-0.3, -0.25) is 0 Å². The summed E-state index contributed by atoms with van der Waals surface area (Å²) in [5, 5.41) is 4.12. The van der Waals surface area contributed by atoms with Gasteiger partial charge in [0, 0.05) is 0 Å². The van der Waals surface area contributed by atoms with Crippen molar-refractivity contribution in [2.75, 3.05) is 0 Å². The fraction of sp³-hybridized carbons (Fsp3) is 0.0526. The van der Waals surface area contributed by atoms with Crippen molar-refractivity contribution >= 4 is 43.9 Å². The summed E-state index contributed by atoms with van der Waals surface area (Å²) >= 11 is 5.81. The molecule has 0 fully saturated rings. The highest BCUT2D eigenvalue weighted by Crippen LogP contribution is 2.41. The van der Waals surface area contributed by atoms with Crippen LogP contribution in [0.1, 0.15) is 5.56 Å². The molecule has 0 aliphatic heterocycles. The zero-order chi connectivity index (χ0) is 16.2. The van der Waals surface area contributed by atoms with E-state index in [-0.39, 0.29) is 10.4 Å². The van der Waals surface area contributed by atoms with Crippen LogP contribution in [0.15, 0.2) is 60.7 Å². The summed E-state index contributed by atoms with van der Waals surface area (Å²) in [4.78, 5) is 0. The van der Waals surface area contributed by atoms with Gasteiger partial charge >= 0.3 is 6.18 Å². The maximum absolute atomic E-state index is 13.3. The summed E-state index contributed by atoms with van der Waals surface area (Å²) in [6, 6.07) is 18.0. The molecule has 0 unspecified atom stereocenters. The van der Waals surface area contributed by atoms with Crippen LogP contribution in [0.4, 0.5) is 13.2 Å². The van der Waals surface area contributed by atoms with Crippen LogP contribution in [0.3, 0.4) is 0 Å². The minimum Gasteiger partial charge on any atom is -0.166 e. The first-order chi connectivity index (χ1) is 10.9. The second-order valence-corrected chi connectivity index (χ2v) is 5.95. The molecule has 23 heavy (non-hydrogen) atoms. The van der Waals surface area contributed by atoms with E-state index >= 15 is 0 Å². The molecule has 0 aliphatic carbocycles. The summed E-state index contributed by atoms with van der Waals surface area (Å²) < 4.78 is 40.0. The van der Waals surface area contributed by atoms with Crippen molar-refractivity contribution in [1.82, 2.24) is 0 Å². The lowest BCUT2D eigenvalue weighted by Gasteiger charge is -2.13. The van der Waals surface area contributed by atoms with Crippen LogP contribution in [0.25, 0.3) is 32.3 Å². The molecule has 4 rings (SSSR count). The van der Waals surface area contributed by atoms with E-state index in [1.54, 1.807) is 18.2 Å². The molecule has 0 saturated carbocycles. The Hall–Kier alpha value is -2.26. The van der Waals surface area contributed by atoms with Gasteiger partial charge in [-0.1, -0.05) is 41.9 Å². The van der Waals surface area contributed by atoms with Crippen molar-refractivity contribution in [2.45, 2.75) is 6.18 Å². The van der Waals surface area contributed by atoms with Crippen LogP contribution in [-0.4, -0.2) is 0 Å². The standard InChI is InChI=1S/C19H10ClF3/c20-17-6-5-13-9-14-7-11-3-1-2-4-12(11)8-15(14)10-16(13)18(17)19(21,22)23/h1-10H. The molecule has 0 amide bonds. The van der Waals surface area contributed by atoms with Crippen LogP contribution in [0, 0.1) is 0 Å². The highest BCUT2D eigenvalue weighted by molar-refractivity contribution is 6.32. The number of hydrogen-bond acceptors (Lipinski definition) is 0. The third-order valence-electron chi connectivity index (χ3n) is 4.07. The van der Waals surface area contributed by atoms with E-state index in [4.69, 9.17) is 11.6 Å². The van der Waals surface area contributed by atoms with Crippen LogP contribution in [0.5, 0.6) is 0 Å². The monoisotopic (exact) mass is 330 g/mol. The number of rotatable bonds is 0. The van der Waals surface area contributed by atoms with E-state index in [2.05, 4.69) is 0 Å². The Morgan fingerprint density at radius 1 is 0.652 bits per heavy atom. The normalized spacial score (nSPS) is 12.3. The smallest absolute Gasteiger partial charge is 0.166 e. The SMILES string of the molecule is FC(F)(F)c1c(Cl)ccc2cc3cc4ccccc4cc3cc12. The fourth-order valence-corrected chi connectivity index (χ4v) is 3.30. The molecule has 0 heterocycles. The van der Waals surface area contributed by atoms with Gasteiger partial charge in [0.05, 0.1) is 10.6 Å². The predicted octanol–water partition coefficient (Wildman–Crippen LogP) is 6.82. The third kappa shape index (κ3) is 2.32. The number of fused-ring (bicyclic) bond motifs is 3. The number of alkyl halides is 3. The van der Waals surface area contributed by atoms with Crippen molar-refractivity contribution in [1.29, 1.82) is 0 Å². The van der Waals surface area contributed by atoms with Gasteiger partial charge in [0.25, 0.3) is 0 Å². The van der Waals surface area contributed by atoms with Crippen molar-refractivity contribution in [3.05, 3.63) is 71.2 Å². The molecular formula is C19H10ClF3. The predicted molar refractivity (Wildman–Crippen MR) is 89.0 cm³/mol. The zero-order valence-corrected chi connectivity index (χ0v) is 12.5. The zero-order valence-electron chi connectivity index (χ0n) is 11.8. The van der Waals surface area contributed by atoms with Gasteiger partial charge < -0.3 is 0 Å². The van der Waals surface area contributed by atoms with Gasteiger partial charge in [0.2, 0.25) is 0 Å². The van der Waals surface area contributed by atoms with Crippen molar-refractivity contribution in [2.24, 2.45) is 0 Å². The quantitative estimate of drug-likeness (QED) is 0.310. The number of halogens is 4. The molecule has 0 saturated heterocycles. The van der Waals surface area contributed by atoms with Crippen molar-refractivity contribution in [3.63, 3.8) is 0 Å². The van der Waals surface area contributed by atoms with Gasteiger partial charge in [-0.05, 0) is 62.6 Å². The summed E-state index contributed by atoms with van der Waals surface area (Å²) in [6.45, 7) is 0. The van der Waals surface area contributed by atoms with E-state index in [1.165, 1.54) is 6.07 Å². The lowest BCUT2D eigenvalue weighted by Crippen LogP contribution is -2.06. The lowest BCUT2D eigenvalue weighted by molar-refractivity contribution is -0.136. The maximum Gasteiger partial charge on any atom is 0.418 e. The third-order valence-corrected chi connectivity index (χ3v) is 4.39. The average Bonchev–Trinajstić information content (AvgIpc) is 2.49. The second-order valence-electron chi connectivity index (χ2n) is 5.54. The second kappa shape index (κ2) is 4.87. The molecule has 0 nitrogen and oxygen atoms in total. The van der Waals surface area contributed by atoms with Crippen LogP contribution < -0.4 is 0 Å². The molecule has 4 aromatic rings. The minimum atomic E-state index is -4.49. The summed E-state index contributed by atoms with van der Waals surface area (Å²) in [5.74, 6) is 0. The Kier molecular flexibility index (Phi) is 3.03. The minimum absolute atomic E-state index is 0.132. The van der Waals surface area contributed by atoms with E-state index in [0.29, 0.717) is 5.39 Å². The molecule has 0 radical (unpaired) electrons. The Labute approximate surface area is 135 Å². The topological polar surface area (TPSA) is 0 Å². The molecule has 0 bridgehead atoms. The largest absolute Gasteiger partial charge is 0.418 e. The lowest BCUT2D eigenvalue weighted by atomic mass is 9.97. The van der Waals surface area contributed by atoms with Gasteiger partial charge in [-0.25, -0.2) is 0 Å². The number of hydrogen-bond donors (Lipinski definition) is 0. The Balaban J connectivity index is 2.15. The molecule has 0 atom stereocenters. The summed E-state index contributed by atoms with van der Waals surface area (Å²) in [6.07, 6.45) is -4.49. The Bertz CT molecular complexity index is 1060. The molecule has 4 aromatic carbocycles. The van der Waals surface area contributed by atoms with Crippen LogP contribution >= 0.6 is 11.6 Å². The Morgan fingerprint density at radius 3 is 1.83 bits per heavy atom. The highest BCUT2D eigenvalue weighted by atomic mass is 35.5. The van der Waals surface area contributed by atoms with Gasteiger partial charge in [0.1, 0.15) is 0 Å². The first-order valence-electron chi connectivity index (χ1n) is 7.05. The molecule has 0 aliphatic rings. The van der Waals surface area contributed by atoms with E-state index in [1.807, 2.05) is 36.4 Å². The first-order valence-corrected chi connectivity index (χ1v) is 7.43. The van der Waals surface area contributed by atoms with Crippen LogP contribution in [0.2, 0.25) is 5.02 Å². The molecule has 114 valence electrons. The Morgan fingerprint density at radius 2 is 1.22 bits per heavy atom. The van der Waals surface area contributed by atoms with Crippen molar-refractivity contribution in [3.8, 4) is 0 Å². The van der Waals surface area contributed by atoms with E-state index < -0.39 is 11.7 Å². The first kappa shape index (κ1) is 14.3. The van der Waals surface area contributed by atoms with Gasteiger partial charge in [-0.2, -0.15) is 13.2 Å². The highest BCUT2D eigenvalue weighted by Gasteiger charge is 2.35. The van der Waals surface area contributed by atoms with E-state index in [0.717, 1.165) is 21.5 Å². The molecule has 0 spiro atoms. The average molecular weight is 331 g/mol. The molecule has 0 aromatic heterocycles. The van der Waals surface area contributed by atoms with Gasteiger partial charge in [0.15, 0.2) is 0 Å². The van der Waals surface area contributed by atoms with E-state index in [9.17, 15) is 13.2 Å². The summed E-state index contributed by atoms with van der Waals surface area (Å²) in [5.41, 5.74) is -0.772. The molecule has 0 N–H and O–H groups in total. The molecular weight excluding hydrogens is 321 g/mol. The maximum atomic E-state index is 13.3. The van der Waals surface area contributed by atoms with Crippen LogP contribution in [-0.2, 0) is 6.18 Å². The molecule has 4 heteroatoms.